The second-order valence-corrected chi connectivity index (χ2v) is 25.6. The Morgan fingerprint density at radius 2 is 0.892 bits per heavy atom. The zero-order chi connectivity index (χ0) is 66.1. The van der Waals surface area contributed by atoms with E-state index in [9.17, 15) is 18.4 Å². The Morgan fingerprint density at radius 1 is 0.495 bits per heavy atom. The van der Waals surface area contributed by atoms with Crippen molar-refractivity contribution >= 4 is 34.0 Å². The van der Waals surface area contributed by atoms with Gasteiger partial charge in [-0.3, -0.25) is 0 Å². The van der Waals surface area contributed by atoms with E-state index >= 15 is 17.6 Å². The third kappa shape index (κ3) is 12.8. The van der Waals surface area contributed by atoms with Gasteiger partial charge in [-0.25, -0.2) is 55.9 Å². The molecule has 0 aliphatic carbocycles. The molecule has 12 rings (SSSR count). The molecule has 0 saturated carbocycles. The van der Waals surface area contributed by atoms with Gasteiger partial charge in [0.05, 0.1) is 102 Å². The number of halogens is 6. The first-order valence-corrected chi connectivity index (χ1v) is 29.9. The molecule has 93 heavy (non-hydrogen) atoms. The number of fused-ring (bicyclic) bond motifs is 2. The van der Waals surface area contributed by atoms with Crippen molar-refractivity contribution in [2.45, 2.75) is 129 Å². The van der Waals surface area contributed by atoms with Crippen molar-refractivity contribution in [3.05, 3.63) is 225 Å². The first-order chi connectivity index (χ1) is 44.1. The summed E-state index contributed by atoms with van der Waals surface area (Å²) >= 11 is 0. The Kier molecular flexibility index (Phi) is 16.3. The highest BCUT2D eigenvalue weighted by Crippen LogP contribution is 2.49. The Hall–Kier alpha value is -10.2. The quantitative estimate of drug-likeness (QED) is 0.0505. The van der Waals surface area contributed by atoms with Gasteiger partial charge in [0.15, 0.2) is 0 Å². The summed E-state index contributed by atoms with van der Waals surface area (Å²) in [6.07, 6.45) is 0.523. The van der Waals surface area contributed by atoms with Gasteiger partial charge in [0.2, 0.25) is 11.8 Å². The van der Waals surface area contributed by atoms with Crippen LogP contribution in [0.1, 0.15) is 146 Å². The van der Waals surface area contributed by atoms with Crippen LogP contribution in [0.2, 0.25) is 0 Å². The van der Waals surface area contributed by atoms with Gasteiger partial charge < -0.3 is 32.8 Å². The molecule has 0 bridgehead atoms. The largest absolute Gasteiger partial charge is 0.473 e. The number of esters is 2. The van der Waals surface area contributed by atoms with Crippen LogP contribution in [0.5, 0.6) is 11.8 Å². The number of nitrogens with zero attached hydrogens (tertiary/aromatic N) is 8. The lowest BCUT2D eigenvalue weighted by molar-refractivity contribution is -0.0733. The summed E-state index contributed by atoms with van der Waals surface area (Å²) in [7, 11) is 0. The molecule has 2 aliphatic heterocycles. The number of carbonyl (C=O) groups is 2. The topological polar surface area (TPSA) is 189 Å². The fourth-order valence-corrected chi connectivity index (χ4v) is 12.8. The van der Waals surface area contributed by atoms with E-state index in [-0.39, 0.29) is 105 Å². The fraction of sp³-hybridized carbons (Fsp3) is 0.278. The van der Waals surface area contributed by atoms with Gasteiger partial charge in [-0.05, 0) is 176 Å². The number of rotatable bonds is 16. The standard InChI is InChI=1S/C72H60F6N8O7/c1-69(2)33-61(71(5,6)92-69)85-59-27-41(19-21-57(59)81-63(85)29-45-25-53(77)47(31-51(45)75)55-11-9-13-65(83-55)89-37-43-17-15-39(35-79)23-49(43)73)67(87)91-68(88)42-20-22-58-60(28-42)86(62-34-70(3,4)93-72(62,7)8)64(82-58)30-46-26-54(78)48(32-52(46)76)56-12-10-14-66(84-56)90-38-44-18-16-40(36-80)24-50(44)74/h9-28,31-32,61-62H,29-30,33-34,37-38H2,1-8H3. The maximum atomic E-state index is 16.5. The van der Waals surface area contributed by atoms with E-state index in [0.717, 1.165) is 36.4 Å². The molecule has 2 saturated heterocycles. The number of nitriles is 2. The lowest BCUT2D eigenvalue weighted by Crippen LogP contribution is -2.32. The van der Waals surface area contributed by atoms with Crippen LogP contribution >= 0.6 is 0 Å². The Bertz CT molecular complexity index is 4480. The minimum atomic E-state index is -0.998. The van der Waals surface area contributed by atoms with Crippen LogP contribution in [-0.2, 0) is 40.3 Å². The van der Waals surface area contributed by atoms with E-state index in [2.05, 4.69) is 9.97 Å². The monoisotopic (exact) mass is 1260 g/mol. The number of imidazole rings is 2. The predicted octanol–water partition coefficient (Wildman–Crippen LogP) is 15.5. The highest BCUT2D eigenvalue weighted by atomic mass is 19.1. The second-order valence-electron chi connectivity index (χ2n) is 25.6. The normalized spacial score (nSPS) is 16.9. The summed E-state index contributed by atoms with van der Waals surface area (Å²) in [6, 6.07) is 33.2. The van der Waals surface area contributed by atoms with Gasteiger partial charge in [-0.1, -0.05) is 24.3 Å². The predicted molar refractivity (Wildman–Crippen MR) is 331 cm³/mol. The van der Waals surface area contributed by atoms with Crippen molar-refractivity contribution in [3.63, 3.8) is 0 Å². The summed E-state index contributed by atoms with van der Waals surface area (Å²) in [5.74, 6) is -5.68. The fourth-order valence-electron chi connectivity index (χ4n) is 12.8. The van der Waals surface area contributed by atoms with Crippen molar-refractivity contribution in [3.8, 4) is 46.4 Å². The van der Waals surface area contributed by atoms with E-state index in [0.29, 0.717) is 46.6 Å². The zero-order valence-corrected chi connectivity index (χ0v) is 51.8. The second kappa shape index (κ2) is 24.1. The van der Waals surface area contributed by atoms with Crippen LogP contribution in [0.25, 0.3) is 44.6 Å². The van der Waals surface area contributed by atoms with Gasteiger partial charge in [-0.15, -0.1) is 0 Å². The molecule has 2 fully saturated rings. The van der Waals surface area contributed by atoms with Crippen LogP contribution in [0.15, 0.2) is 133 Å². The van der Waals surface area contributed by atoms with E-state index in [1.54, 1.807) is 24.3 Å². The first kappa shape index (κ1) is 63.0. The lowest BCUT2D eigenvalue weighted by atomic mass is 9.93. The highest BCUT2D eigenvalue weighted by Gasteiger charge is 2.49. The molecule has 10 aromatic rings. The number of aromatic nitrogens is 6. The van der Waals surface area contributed by atoms with E-state index in [1.165, 1.54) is 72.8 Å². The molecule has 15 nitrogen and oxygen atoms in total. The number of hydrogen-bond acceptors (Lipinski definition) is 13. The van der Waals surface area contributed by atoms with Gasteiger partial charge >= 0.3 is 11.9 Å². The zero-order valence-electron chi connectivity index (χ0n) is 51.8. The lowest BCUT2D eigenvalue weighted by Gasteiger charge is -2.29. The molecule has 0 amide bonds. The third-order valence-corrected chi connectivity index (χ3v) is 16.9. The van der Waals surface area contributed by atoms with E-state index in [1.807, 2.05) is 76.7 Å². The number of carbonyl (C=O) groups excluding carboxylic acids is 2. The van der Waals surface area contributed by atoms with Crippen molar-refractivity contribution in [1.82, 2.24) is 29.1 Å². The molecule has 4 aromatic heterocycles. The van der Waals surface area contributed by atoms with Crippen LogP contribution in [0.3, 0.4) is 0 Å². The molecule has 472 valence electrons. The summed E-state index contributed by atoms with van der Waals surface area (Å²) in [5.41, 5.74) is -0.944. The molecule has 6 heterocycles. The van der Waals surface area contributed by atoms with Crippen molar-refractivity contribution in [2.24, 2.45) is 0 Å². The average molecular weight is 1260 g/mol. The molecule has 0 N–H and O–H groups in total. The molecule has 2 unspecified atom stereocenters. The van der Waals surface area contributed by atoms with Crippen LogP contribution in [0.4, 0.5) is 26.3 Å². The molecule has 2 aliphatic rings. The van der Waals surface area contributed by atoms with Gasteiger partial charge in [0, 0.05) is 47.2 Å². The Balaban J connectivity index is 0.812. The summed E-state index contributed by atoms with van der Waals surface area (Å²) in [5, 5.41) is 18.2. The molecule has 0 radical (unpaired) electrons. The third-order valence-electron chi connectivity index (χ3n) is 16.9. The first-order valence-electron chi connectivity index (χ1n) is 29.9. The maximum absolute atomic E-state index is 16.5. The molecular weight excluding hydrogens is 1200 g/mol. The van der Waals surface area contributed by atoms with Crippen LogP contribution < -0.4 is 9.47 Å². The van der Waals surface area contributed by atoms with E-state index in [4.69, 9.17) is 44.2 Å². The molecular formula is C72H60F6N8O7. The summed E-state index contributed by atoms with van der Waals surface area (Å²) in [4.78, 5) is 47.1. The van der Waals surface area contributed by atoms with Crippen LogP contribution in [0, 0.1) is 57.6 Å². The minimum Gasteiger partial charge on any atom is -0.473 e. The van der Waals surface area contributed by atoms with Crippen molar-refractivity contribution in [1.29, 1.82) is 10.5 Å². The Morgan fingerprint density at radius 3 is 1.26 bits per heavy atom. The van der Waals surface area contributed by atoms with E-state index < -0.39 is 81.3 Å². The van der Waals surface area contributed by atoms with Gasteiger partial charge in [0.1, 0.15) is 59.8 Å². The smallest absolute Gasteiger partial charge is 0.346 e. The highest BCUT2D eigenvalue weighted by molar-refractivity contribution is 6.05. The van der Waals surface area contributed by atoms with Crippen LogP contribution in [-0.4, -0.2) is 63.4 Å². The van der Waals surface area contributed by atoms with Gasteiger partial charge in [-0.2, -0.15) is 10.5 Å². The maximum Gasteiger partial charge on any atom is 0.346 e. The molecule has 0 spiro atoms. The number of pyridine rings is 2. The number of benzene rings is 6. The number of hydrogen-bond donors (Lipinski definition) is 0. The van der Waals surface area contributed by atoms with Crippen molar-refractivity contribution < 1.29 is 59.6 Å². The average Bonchev–Trinajstić information content (AvgIpc) is 1.60. The number of ether oxygens (including phenoxy) is 5. The minimum absolute atomic E-state index is 0.0178. The van der Waals surface area contributed by atoms with Gasteiger partial charge in [0.25, 0.3) is 0 Å². The molecule has 2 atom stereocenters. The molecule has 21 heteroatoms. The SMILES string of the molecule is CC1(C)CC(n2c(Cc3cc(F)c(-c4cccc(OCc5ccc(C#N)cc5F)n4)cc3F)nc3ccc(C(=O)OC(=O)c4ccc5nc(Cc6cc(F)c(-c7cccc(OCc8ccc(C#N)cc8F)n7)cc6F)n(C6CC(C)(C)OC6(C)C)c5c4)cc32)C(C)(C)O1. The summed E-state index contributed by atoms with van der Waals surface area (Å²) < 4.78 is 129. The van der Waals surface area contributed by atoms with Crippen molar-refractivity contribution in [2.75, 3.05) is 0 Å². The Labute approximate surface area is 530 Å². The summed E-state index contributed by atoms with van der Waals surface area (Å²) in [6.45, 7) is 14.9. The molecule has 6 aromatic carbocycles.